The molecule has 0 aliphatic rings. The number of aromatic amines is 1. The second-order valence-electron chi connectivity index (χ2n) is 7.11. The molecule has 0 spiro atoms. The third kappa shape index (κ3) is 3.07. The van der Waals surface area contributed by atoms with Crippen molar-refractivity contribution in [3.8, 4) is 28.3 Å². The summed E-state index contributed by atoms with van der Waals surface area (Å²) >= 11 is 0. The van der Waals surface area contributed by atoms with Gasteiger partial charge < -0.3 is 14.3 Å². The van der Waals surface area contributed by atoms with Crippen LogP contribution in [0.1, 0.15) is 35.6 Å². The van der Waals surface area contributed by atoms with Crippen molar-refractivity contribution < 1.29 is 9.53 Å². The highest BCUT2D eigenvalue weighted by Crippen LogP contribution is 2.35. The number of carbonyl (C=O) groups is 1. The zero-order valence-electron chi connectivity index (χ0n) is 17.3. The summed E-state index contributed by atoms with van der Waals surface area (Å²) in [5.74, 6) is -0.411. The van der Waals surface area contributed by atoms with E-state index in [1.165, 1.54) is 0 Å². The van der Waals surface area contributed by atoms with Crippen molar-refractivity contribution in [1.29, 1.82) is 5.26 Å². The van der Waals surface area contributed by atoms with E-state index in [-0.39, 0.29) is 6.61 Å². The van der Waals surface area contributed by atoms with Crippen LogP contribution < -0.4 is 0 Å². The first-order valence-corrected chi connectivity index (χ1v) is 10.1. The SMILES string of the molecule is CCOC(=O)c1c(-c2ccc(-c3cccc4cc[nH]c34)cc2)c(C#N)c(CC)n1C. The largest absolute Gasteiger partial charge is 0.461 e. The third-order valence-electron chi connectivity index (χ3n) is 5.50. The summed E-state index contributed by atoms with van der Waals surface area (Å²) in [7, 11) is 1.82. The number of para-hydroxylation sites is 1. The molecule has 0 radical (unpaired) electrons. The van der Waals surface area contributed by atoms with Crippen molar-refractivity contribution in [2.75, 3.05) is 6.61 Å². The molecule has 0 atom stereocenters. The first-order valence-electron chi connectivity index (χ1n) is 10.1. The molecule has 1 N–H and O–H groups in total. The lowest BCUT2D eigenvalue weighted by Gasteiger charge is -2.09. The minimum Gasteiger partial charge on any atom is -0.461 e. The van der Waals surface area contributed by atoms with Crippen LogP contribution >= 0.6 is 0 Å². The average Bonchev–Trinajstić information content (AvgIpc) is 3.35. The number of H-pyrrole nitrogens is 1. The molecule has 0 fully saturated rings. The van der Waals surface area contributed by atoms with Gasteiger partial charge in [0.1, 0.15) is 11.8 Å². The normalized spacial score (nSPS) is 10.9. The van der Waals surface area contributed by atoms with Crippen molar-refractivity contribution in [3.63, 3.8) is 0 Å². The number of benzene rings is 2. The number of nitriles is 1. The van der Waals surface area contributed by atoms with E-state index in [1.807, 2.05) is 56.6 Å². The Morgan fingerprint density at radius 1 is 1.10 bits per heavy atom. The van der Waals surface area contributed by atoms with Gasteiger partial charge in [-0.3, -0.25) is 0 Å². The first-order chi connectivity index (χ1) is 14.6. The number of carbonyl (C=O) groups excluding carboxylic acids is 1. The monoisotopic (exact) mass is 397 g/mol. The minimum absolute atomic E-state index is 0.284. The summed E-state index contributed by atoms with van der Waals surface area (Å²) in [4.78, 5) is 16.0. The lowest BCUT2D eigenvalue weighted by molar-refractivity contribution is 0.0516. The number of fused-ring (bicyclic) bond motifs is 1. The van der Waals surface area contributed by atoms with Gasteiger partial charge in [-0.15, -0.1) is 0 Å². The molecule has 2 aromatic heterocycles. The van der Waals surface area contributed by atoms with Gasteiger partial charge in [0, 0.05) is 30.1 Å². The van der Waals surface area contributed by atoms with Crippen LogP contribution in [0.4, 0.5) is 0 Å². The zero-order chi connectivity index (χ0) is 21.3. The summed E-state index contributed by atoms with van der Waals surface area (Å²) < 4.78 is 7.08. The highest BCUT2D eigenvalue weighted by Gasteiger charge is 2.26. The van der Waals surface area contributed by atoms with Gasteiger partial charge in [-0.1, -0.05) is 49.4 Å². The molecule has 0 bridgehead atoms. The van der Waals surface area contributed by atoms with Crippen LogP contribution in [0.3, 0.4) is 0 Å². The van der Waals surface area contributed by atoms with Crippen LogP contribution in [-0.2, 0) is 18.2 Å². The van der Waals surface area contributed by atoms with E-state index in [4.69, 9.17) is 4.74 Å². The molecule has 150 valence electrons. The Balaban J connectivity index is 1.86. The lowest BCUT2D eigenvalue weighted by atomic mass is 9.96. The Labute approximate surface area is 175 Å². The summed E-state index contributed by atoms with van der Waals surface area (Å²) in [6.07, 6.45) is 2.59. The summed E-state index contributed by atoms with van der Waals surface area (Å²) in [6.45, 7) is 4.04. The van der Waals surface area contributed by atoms with Crippen LogP contribution in [-0.4, -0.2) is 22.1 Å². The molecule has 0 aliphatic carbocycles. The average molecular weight is 397 g/mol. The van der Waals surface area contributed by atoms with Crippen molar-refractivity contribution in [2.45, 2.75) is 20.3 Å². The number of nitrogens with zero attached hydrogens (tertiary/aromatic N) is 2. The summed E-state index contributed by atoms with van der Waals surface area (Å²) in [5, 5.41) is 11.0. The Morgan fingerprint density at radius 3 is 2.50 bits per heavy atom. The van der Waals surface area contributed by atoms with Crippen molar-refractivity contribution in [1.82, 2.24) is 9.55 Å². The number of ether oxygens (including phenoxy) is 1. The molecule has 0 saturated heterocycles. The standard InChI is InChI=1S/C25H23N3O2/c1-4-21-20(15-26)22(24(28(21)3)25(29)30-5-2)17-11-9-16(10-12-17)19-8-6-7-18-13-14-27-23(18)19/h6-14,27H,4-5H2,1-3H3. The van der Waals surface area contributed by atoms with Crippen LogP contribution in [0.25, 0.3) is 33.2 Å². The third-order valence-corrected chi connectivity index (χ3v) is 5.50. The number of rotatable bonds is 5. The van der Waals surface area contributed by atoms with Crippen LogP contribution in [0.15, 0.2) is 54.7 Å². The van der Waals surface area contributed by atoms with Crippen molar-refractivity contribution >= 4 is 16.9 Å². The molecule has 2 aromatic carbocycles. The fourth-order valence-electron chi connectivity index (χ4n) is 4.13. The Kier molecular flexibility index (Phi) is 5.16. The molecule has 4 aromatic rings. The van der Waals surface area contributed by atoms with E-state index in [0.717, 1.165) is 33.3 Å². The molecule has 0 amide bonds. The van der Waals surface area contributed by atoms with Gasteiger partial charge >= 0.3 is 5.97 Å². The predicted octanol–water partition coefficient (Wildman–Crippen LogP) is 5.45. The van der Waals surface area contributed by atoms with Gasteiger partial charge in [0.2, 0.25) is 0 Å². The van der Waals surface area contributed by atoms with E-state index < -0.39 is 5.97 Å². The Bertz CT molecular complexity index is 1270. The van der Waals surface area contributed by atoms with Gasteiger partial charge in [0.15, 0.2) is 0 Å². The number of hydrogen-bond donors (Lipinski definition) is 1. The summed E-state index contributed by atoms with van der Waals surface area (Å²) in [6, 6.07) is 18.5. The highest BCUT2D eigenvalue weighted by atomic mass is 16.5. The van der Waals surface area contributed by atoms with Gasteiger partial charge in [0.25, 0.3) is 0 Å². The molecule has 2 heterocycles. The fraction of sp³-hybridized carbons (Fsp3) is 0.200. The minimum atomic E-state index is -0.411. The van der Waals surface area contributed by atoms with Crippen LogP contribution in [0.5, 0.6) is 0 Å². The van der Waals surface area contributed by atoms with Crippen molar-refractivity contribution in [2.24, 2.45) is 7.05 Å². The Hall–Kier alpha value is -3.78. The molecular formula is C25H23N3O2. The quantitative estimate of drug-likeness (QED) is 0.455. The van der Waals surface area contributed by atoms with E-state index in [9.17, 15) is 10.1 Å². The number of hydrogen-bond acceptors (Lipinski definition) is 3. The fourth-order valence-corrected chi connectivity index (χ4v) is 4.13. The smallest absolute Gasteiger partial charge is 0.355 e. The molecular weight excluding hydrogens is 374 g/mol. The zero-order valence-corrected chi connectivity index (χ0v) is 17.3. The maximum absolute atomic E-state index is 12.7. The number of aromatic nitrogens is 2. The Morgan fingerprint density at radius 2 is 1.83 bits per heavy atom. The second kappa shape index (κ2) is 7.92. The molecule has 30 heavy (non-hydrogen) atoms. The van der Waals surface area contributed by atoms with Gasteiger partial charge in [-0.25, -0.2) is 4.79 Å². The van der Waals surface area contributed by atoms with E-state index in [0.29, 0.717) is 23.2 Å². The molecule has 0 saturated carbocycles. The highest BCUT2D eigenvalue weighted by molar-refractivity contribution is 5.99. The topological polar surface area (TPSA) is 70.8 Å². The van der Waals surface area contributed by atoms with E-state index >= 15 is 0 Å². The lowest BCUT2D eigenvalue weighted by Crippen LogP contribution is -2.12. The van der Waals surface area contributed by atoms with Gasteiger partial charge in [0.05, 0.1) is 17.7 Å². The van der Waals surface area contributed by atoms with E-state index in [2.05, 4.69) is 23.2 Å². The molecule has 5 heteroatoms. The van der Waals surface area contributed by atoms with Gasteiger partial charge in [-0.05, 0) is 35.9 Å². The molecule has 4 rings (SSSR count). The van der Waals surface area contributed by atoms with Crippen molar-refractivity contribution in [3.05, 3.63) is 71.7 Å². The van der Waals surface area contributed by atoms with Crippen LogP contribution in [0.2, 0.25) is 0 Å². The molecule has 0 unspecified atom stereocenters. The first kappa shape index (κ1) is 19.5. The second-order valence-corrected chi connectivity index (χ2v) is 7.11. The van der Waals surface area contributed by atoms with E-state index in [1.54, 1.807) is 11.5 Å². The predicted molar refractivity (Wildman–Crippen MR) is 118 cm³/mol. The number of esters is 1. The molecule has 5 nitrogen and oxygen atoms in total. The maximum Gasteiger partial charge on any atom is 0.355 e. The summed E-state index contributed by atoms with van der Waals surface area (Å²) in [5.41, 5.74) is 6.50. The van der Waals surface area contributed by atoms with Gasteiger partial charge in [-0.2, -0.15) is 5.26 Å². The maximum atomic E-state index is 12.7. The van der Waals surface area contributed by atoms with Crippen LogP contribution in [0, 0.1) is 11.3 Å². The molecule has 0 aliphatic heterocycles. The number of nitrogens with one attached hydrogen (secondary N) is 1.